The molecule has 0 bridgehead atoms. The molecule has 0 saturated carbocycles. The zero-order chi connectivity index (χ0) is 13.5. The first-order chi connectivity index (χ1) is 8.58. The zero-order valence-electron chi connectivity index (χ0n) is 11.6. The summed E-state index contributed by atoms with van der Waals surface area (Å²) in [6.07, 6.45) is -0.251. The number of rotatable bonds is 7. The van der Waals surface area contributed by atoms with Gasteiger partial charge >= 0.3 is 0 Å². The van der Waals surface area contributed by atoms with E-state index in [4.69, 9.17) is 14.6 Å². The van der Waals surface area contributed by atoms with E-state index in [1.54, 1.807) is 7.11 Å². The van der Waals surface area contributed by atoms with Crippen molar-refractivity contribution in [2.75, 3.05) is 13.7 Å². The van der Waals surface area contributed by atoms with Crippen LogP contribution in [0.15, 0.2) is 18.2 Å². The molecule has 0 aliphatic heterocycles. The smallest absolute Gasteiger partial charge is 0.166 e. The number of benzene rings is 1. The summed E-state index contributed by atoms with van der Waals surface area (Å²) in [4.78, 5) is 0. The van der Waals surface area contributed by atoms with Gasteiger partial charge in [0.25, 0.3) is 0 Å². The quantitative estimate of drug-likeness (QED) is 0.780. The van der Waals surface area contributed by atoms with Crippen LogP contribution in [0.4, 0.5) is 0 Å². The van der Waals surface area contributed by atoms with Crippen LogP contribution in [0.3, 0.4) is 0 Å². The number of hydrogen-bond donors (Lipinski definition) is 2. The van der Waals surface area contributed by atoms with Gasteiger partial charge in [-0.1, -0.05) is 26.0 Å². The summed E-state index contributed by atoms with van der Waals surface area (Å²) in [5.74, 6) is 1.40. The van der Waals surface area contributed by atoms with Crippen LogP contribution in [0, 0.1) is 0 Å². The Morgan fingerprint density at radius 2 is 2.00 bits per heavy atom. The first-order valence-electron chi connectivity index (χ1n) is 6.25. The molecular weight excluding hydrogens is 230 g/mol. The summed E-state index contributed by atoms with van der Waals surface area (Å²) in [5.41, 5.74) is 1.03. The second-order valence-corrected chi connectivity index (χ2v) is 4.60. The van der Waals surface area contributed by atoms with Gasteiger partial charge in [0.2, 0.25) is 0 Å². The van der Waals surface area contributed by atoms with E-state index in [0.29, 0.717) is 24.1 Å². The lowest BCUT2D eigenvalue weighted by Crippen LogP contribution is -2.23. The number of hydrogen-bond acceptors (Lipinski definition) is 4. The van der Waals surface area contributed by atoms with Gasteiger partial charge in [0.05, 0.1) is 13.7 Å². The fourth-order valence-electron chi connectivity index (χ4n) is 1.55. The summed E-state index contributed by atoms with van der Waals surface area (Å²) in [6.45, 7) is 6.71. The third-order valence-electron chi connectivity index (χ3n) is 2.56. The number of para-hydroxylation sites is 1. The fourth-order valence-corrected chi connectivity index (χ4v) is 1.55. The van der Waals surface area contributed by atoms with Crippen molar-refractivity contribution in [3.63, 3.8) is 0 Å². The van der Waals surface area contributed by atoms with E-state index in [1.165, 1.54) is 0 Å². The average Bonchev–Trinajstić information content (AvgIpc) is 2.36. The number of ether oxygens (including phenoxy) is 2. The minimum atomic E-state index is -0.251. The van der Waals surface area contributed by atoms with Gasteiger partial charge in [0, 0.05) is 18.2 Å². The van der Waals surface area contributed by atoms with Crippen LogP contribution in [-0.4, -0.2) is 31.0 Å². The Kier molecular flexibility index (Phi) is 5.95. The Morgan fingerprint density at radius 1 is 1.28 bits per heavy atom. The van der Waals surface area contributed by atoms with Crippen molar-refractivity contribution in [2.45, 2.75) is 39.5 Å². The van der Waals surface area contributed by atoms with Crippen LogP contribution in [-0.2, 0) is 6.54 Å². The van der Waals surface area contributed by atoms with Crippen molar-refractivity contribution >= 4 is 0 Å². The van der Waals surface area contributed by atoms with Gasteiger partial charge in [-0.15, -0.1) is 0 Å². The molecule has 1 rings (SSSR count). The molecule has 0 saturated heterocycles. The predicted octanol–water partition coefficient (Wildman–Crippen LogP) is 1.95. The van der Waals surface area contributed by atoms with Gasteiger partial charge in [-0.3, -0.25) is 0 Å². The van der Waals surface area contributed by atoms with Gasteiger partial charge in [0.1, 0.15) is 6.10 Å². The maximum absolute atomic E-state index is 9.09. The second-order valence-electron chi connectivity index (χ2n) is 4.60. The molecule has 1 atom stereocenters. The molecule has 0 heterocycles. The molecule has 0 fully saturated rings. The first kappa shape index (κ1) is 14.8. The van der Waals surface area contributed by atoms with E-state index in [9.17, 15) is 0 Å². The third-order valence-corrected chi connectivity index (χ3v) is 2.56. The van der Waals surface area contributed by atoms with Gasteiger partial charge in [0.15, 0.2) is 11.5 Å². The van der Waals surface area contributed by atoms with E-state index < -0.39 is 0 Å². The van der Waals surface area contributed by atoms with Crippen LogP contribution >= 0.6 is 0 Å². The Bertz CT molecular complexity index is 366. The standard InChI is InChI=1S/C14H23NO3/c1-10(2)15-8-12-6-5-7-13(17-4)14(12)18-11(3)9-16/h5-7,10-11,15-16H,8-9H2,1-4H3. The summed E-state index contributed by atoms with van der Waals surface area (Å²) >= 11 is 0. The van der Waals surface area contributed by atoms with Crippen molar-refractivity contribution < 1.29 is 14.6 Å². The molecule has 0 aliphatic rings. The van der Waals surface area contributed by atoms with Crippen molar-refractivity contribution in [3.05, 3.63) is 23.8 Å². The van der Waals surface area contributed by atoms with Gasteiger partial charge in [-0.2, -0.15) is 0 Å². The largest absolute Gasteiger partial charge is 0.493 e. The SMILES string of the molecule is COc1cccc(CNC(C)C)c1OC(C)CO. The van der Waals surface area contributed by atoms with Crippen molar-refractivity contribution in [1.82, 2.24) is 5.32 Å². The number of aliphatic hydroxyl groups is 1. The highest BCUT2D eigenvalue weighted by Crippen LogP contribution is 2.31. The summed E-state index contributed by atoms with van der Waals surface area (Å²) in [7, 11) is 1.62. The van der Waals surface area contributed by atoms with E-state index in [2.05, 4.69) is 19.2 Å². The maximum atomic E-state index is 9.09. The molecule has 1 unspecified atom stereocenters. The molecule has 2 N–H and O–H groups in total. The third kappa shape index (κ3) is 4.20. The summed E-state index contributed by atoms with van der Waals surface area (Å²) in [5, 5.41) is 12.4. The van der Waals surface area contributed by atoms with E-state index in [1.807, 2.05) is 25.1 Å². The Labute approximate surface area is 109 Å². The zero-order valence-corrected chi connectivity index (χ0v) is 11.6. The molecule has 0 spiro atoms. The highest BCUT2D eigenvalue weighted by Gasteiger charge is 2.13. The molecule has 4 heteroatoms. The van der Waals surface area contributed by atoms with E-state index in [-0.39, 0.29) is 12.7 Å². The van der Waals surface area contributed by atoms with Crippen molar-refractivity contribution in [2.24, 2.45) is 0 Å². The van der Waals surface area contributed by atoms with Gasteiger partial charge in [-0.25, -0.2) is 0 Å². The number of aliphatic hydroxyl groups excluding tert-OH is 1. The Balaban J connectivity index is 2.92. The van der Waals surface area contributed by atoms with Crippen LogP contribution < -0.4 is 14.8 Å². The predicted molar refractivity (Wildman–Crippen MR) is 72.1 cm³/mol. The average molecular weight is 253 g/mol. The monoisotopic (exact) mass is 253 g/mol. The molecule has 0 radical (unpaired) electrons. The molecule has 0 amide bonds. The maximum Gasteiger partial charge on any atom is 0.166 e. The van der Waals surface area contributed by atoms with Crippen LogP contribution in [0.2, 0.25) is 0 Å². The van der Waals surface area contributed by atoms with E-state index >= 15 is 0 Å². The molecule has 1 aromatic rings. The van der Waals surface area contributed by atoms with Gasteiger partial charge in [-0.05, 0) is 13.0 Å². The lowest BCUT2D eigenvalue weighted by atomic mass is 10.1. The van der Waals surface area contributed by atoms with E-state index in [0.717, 1.165) is 5.56 Å². The summed E-state index contributed by atoms with van der Waals surface area (Å²) in [6, 6.07) is 6.20. The Morgan fingerprint density at radius 3 is 2.56 bits per heavy atom. The van der Waals surface area contributed by atoms with Crippen LogP contribution in [0.5, 0.6) is 11.5 Å². The highest BCUT2D eigenvalue weighted by atomic mass is 16.5. The first-order valence-corrected chi connectivity index (χ1v) is 6.25. The topological polar surface area (TPSA) is 50.7 Å². The molecule has 18 heavy (non-hydrogen) atoms. The van der Waals surface area contributed by atoms with Crippen molar-refractivity contribution in [3.8, 4) is 11.5 Å². The molecule has 4 nitrogen and oxygen atoms in total. The normalized spacial score (nSPS) is 12.6. The minimum Gasteiger partial charge on any atom is -0.493 e. The molecule has 0 aromatic heterocycles. The van der Waals surface area contributed by atoms with Crippen molar-refractivity contribution in [1.29, 1.82) is 0 Å². The lowest BCUT2D eigenvalue weighted by molar-refractivity contribution is 0.125. The molecule has 1 aromatic carbocycles. The van der Waals surface area contributed by atoms with Crippen LogP contribution in [0.25, 0.3) is 0 Å². The summed E-state index contributed by atoms with van der Waals surface area (Å²) < 4.78 is 11.0. The fraction of sp³-hybridized carbons (Fsp3) is 0.571. The van der Waals surface area contributed by atoms with Crippen LogP contribution in [0.1, 0.15) is 26.3 Å². The minimum absolute atomic E-state index is 0.0188. The molecule has 0 aliphatic carbocycles. The highest BCUT2D eigenvalue weighted by molar-refractivity contribution is 5.46. The Hall–Kier alpha value is -1.26. The molecular formula is C14H23NO3. The number of nitrogens with one attached hydrogen (secondary N) is 1. The lowest BCUT2D eigenvalue weighted by Gasteiger charge is -2.19. The second kappa shape index (κ2) is 7.24. The number of methoxy groups -OCH3 is 1. The van der Waals surface area contributed by atoms with Gasteiger partial charge < -0.3 is 19.9 Å². The molecule has 102 valence electrons.